The molecule has 0 saturated carbocycles. The number of nitrogens with one attached hydrogen (secondary N) is 1. The van der Waals surface area contributed by atoms with Crippen LogP contribution < -0.4 is 11.1 Å². The van der Waals surface area contributed by atoms with Crippen molar-refractivity contribution in [1.82, 2.24) is 4.98 Å². The minimum atomic E-state index is -0.410. The Balaban J connectivity index is 2.17. The molecule has 112 valence electrons. The van der Waals surface area contributed by atoms with Gasteiger partial charge in [0.1, 0.15) is 5.76 Å². The molecule has 0 aliphatic heterocycles. The number of aromatic nitrogens is 1. The van der Waals surface area contributed by atoms with E-state index in [1.807, 2.05) is 13.8 Å². The highest BCUT2D eigenvalue weighted by Gasteiger charge is 2.14. The summed E-state index contributed by atoms with van der Waals surface area (Å²) in [5.74, 6) is 0.943. The van der Waals surface area contributed by atoms with Crippen LogP contribution in [0.4, 0.5) is 11.4 Å². The van der Waals surface area contributed by atoms with Crippen molar-refractivity contribution in [3.05, 3.63) is 41.1 Å². The summed E-state index contributed by atoms with van der Waals surface area (Å²) in [5.41, 5.74) is 8.12. The quantitative estimate of drug-likeness (QED) is 0.649. The molecule has 1 aromatic carbocycles. The average Bonchev–Trinajstić information content (AvgIpc) is 2.76. The maximum atomic E-state index is 11.9. The van der Waals surface area contributed by atoms with Crippen LogP contribution in [-0.2, 0) is 11.3 Å². The summed E-state index contributed by atoms with van der Waals surface area (Å²) in [6.45, 7) is 6.19. The minimum absolute atomic E-state index is 0.311. The number of nitrogens with two attached hydrogens (primary N) is 1. The molecule has 3 N–H and O–H groups in total. The molecule has 0 aliphatic carbocycles. The van der Waals surface area contributed by atoms with Crippen molar-refractivity contribution >= 4 is 17.3 Å². The van der Waals surface area contributed by atoms with Crippen LogP contribution in [0.15, 0.2) is 22.6 Å². The van der Waals surface area contributed by atoms with E-state index >= 15 is 0 Å². The number of anilines is 2. The lowest BCUT2D eigenvalue weighted by atomic mass is 10.1. The lowest BCUT2D eigenvalue weighted by Crippen LogP contribution is -2.10. The van der Waals surface area contributed by atoms with Gasteiger partial charge >= 0.3 is 5.97 Å². The van der Waals surface area contributed by atoms with Crippen molar-refractivity contribution in [2.24, 2.45) is 0 Å². The Bertz CT molecular complexity index is 630. The van der Waals surface area contributed by atoms with E-state index in [4.69, 9.17) is 14.9 Å². The van der Waals surface area contributed by atoms with Gasteiger partial charge in [-0.15, -0.1) is 0 Å². The number of hydrogen-bond donors (Lipinski definition) is 2. The molecular weight excluding hydrogens is 270 g/mol. The first-order valence-electron chi connectivity index (χ1n) is 6.74. The van der Waals surface area contributed by atoms with E-state index in [9.17, 15) is 4.79 Å². The molecule has 0 fully saturated rings. The van der Waals surface area contributed by atoms with Gasteiger partial charge in [-0.05, 0) is 39.0 Å². The predicted molar refractivity (Wildman–Crippen MR) is 80.1 cm³/mol. The molecule has 0 unspecified atom stereocenters. The number of aryl methyl sites for hydroxylation is 2. The number of ether oxygens (including phenoxy) is 1. The summed E-state index contributed by atoms with van der Waals surface area (Å²) in [7, 11) is 0. The summed E-state index contributed by atoms with van der Waals surface area (Å²) in [6, 6.07) is 5.05. The Kier molecular flexibility index (Phi) is 4.47. The van der Waals surface area contributed by atoms with E-state index in [2.05, 4.69) is 10.3 Å². The van der Waals surface area contributed by atoms with E-state index in [0.29, 0.717) is 36.0 Å². The number of rotatable bonds is 5. The third kappa shape index (κ3) is 3.53. The first kappa shape index (κ1) is 14.9. The molecule has 0 bridgehead atoms. The third-order valence-corrected chi connectivity index (χ3v) is 3.04. The maximum Gasteiger partial charge on any atom is 0.340 e. The highest BCUT2D eigenvalue weighted by Crippen LogP contribution is 2.21. The molecule has 1 aromatic heterocycles. The van der Waals surface area contributed by atoms with Crippen LogP contribution in [0.2, 0.25) is 0 Å². The van der Waals surface area contributed by atoms with Crippen LogP contribution in [0.3, 0.4) is 0 Å². The van der Waals surface area contributed by atoms with Gasteiger partial charge in [-0.1, -0.05) is 0 Å². The van der Waals surface area contributed by atoms with Gasteiger partial charge in [0.15, 0.2) is 0 Å². The lowest BCUT2D eigenvalue weighted by molar-refractivity contribution is 0.0527. The number of nitrogens with zero attached hydrogens (tertiary/aromatic N) is 1. The van der Waals surface area contributed by atoms with Gasteiger partial charge in [0, 0.05) is 11.4 Å². The predicted octanol–water partition coefficient (Wildman–Crippen LogP) is 2.66. The average molecular weight is 289 g/mol. The molecular formula is C15H19N3O3. The second-order valence-corrected chi connectivity index (χ2v) is 4.63. The van der Waals surface area contributed by atoms with Gasteiger partial charge in [0.2, 0.25) is 5.89 Å². The van der Waals surface area contributed by atoms with Crippen molar-refractivity contribution in [3.63, 3.8) is 0 Å². The van der Waals surface area contributed by atoms with Crippen molar-refractivity contribution in [3.8, 4) is 0 Å². The van der Waals surface area contributed by atoms with Crippen molar-refractivity contribution < 1.29 is 13.9 Å². The molecule has 1 heterocycles. The molecule has 0 atom stereocenters. The monoisotopic (exact) mass is 289 g/mol. The van der Waals surface area contributed by atoms with Gasteiger partial charge < -0.3 is 20.2 Å². The van der Waals surface area contributed by atoms with E-state index in [-0.39, 0.29) is 0 Å². The molecule has 6 nitrogen and oxygen atoms in total. The molecule has 0 spiro atoms. The van der Waals surface area contributed by atoms with Crippen molar-refractivity contribution in [1.29, 1.82) is 0 Å². The molecule has 2 rings (SSSR count). The number of carbonyl (C=O) groups excluding carboxylic acids is 1. The SMILES string of the molecule is CCOC(=O)c1cc(N)ccc1NCc1nc(C)c(C)o1. The van der Waals surface area contributed by atoms with E-state index in [0.717, 1.165) is 11.5 Å². The Morgan fingerprint density at radius 3 is 2.81 bits per heavy atom. The summed E-state index contributed by atoms with van der Waals surface area (Å²) in [6.07, 6.45) is 0. The number of benzene rings is 1. The number of carbonyl (C=O) groups is 1. The lowest BCUT2D eigenvalue weighted by Gasteiger charge is -2.11. The first-order chi connectivity index (χ1) is 10.0. The summed E-state index contributed by atoms with van der Waals surface area (Å²) in [4.78, 5) is 16.2. The molecule has 21 heavy (non-hydrogen) atoms. The normalized spacial score (nSPS) is 10.4. The Morgan fingerprint density at radius 1 is 1.43 bits per heavy atom. The summed E-state index contributed by atoms with van der Waals surface area (Å²) >= 11 is 0. The zero-order chi connectivity index (χ0) is 15.4. The standard InChI is InChI=1S/C15H19N3O3/c1-4-20-15(19)12-7-11(16)5-6-13(12)17-8-14-18-9(2)10(3)21-14/h5-7,17H,4,8,16H2,1-3H3. The van der Waals surface area contributed by atoms with Crippen molar-refractivity contribution in [2.75, 3.05) is 17.7 Å². The van der Waals surface area contributed by atoms with E-state index < -0.39 is 5.97 Å². The van der Waals surface area contributed by atoms with Crippen molar-refractivity contribution in [2.45, 2.75) is 27.3 Å². The molecule has 2 aromatic rings. The van der Waals surface area contributed by atoms with Crippen LogP contribution >= 0.6 is 0 Å². The molecule has 6 heteroatoms. The Hall–Kier alpha value is -2.50. The maximum absolute atomic E-state index is 11.9. The fourth-order valence-corrected chi connectivity index (χ4v) is 1.88. The summed E-state index contributed by atoms with van der Waals surface area (Å²) in [5, 5.41) is 3.12. The second-order valence-electron chi connectivity index (χ2n) is 4.63. The number of hydrogen-bond acceptors (Lipinski definition) is 6. The van der Waals surface area contributed by atoms with Gasteiger partial charge in [0.25, 0.3) is 0 Å². The van der Waals surface area contributed by atoms with Gasteiger partial charge in [-0.25, -0.2) is 9.78 Å². The van der Waals surface area contributed by atoms with Gasteiger partial charge in [-0.3, -0.25) is 0 Å². The zero-order valence-corrected chi connectivity index (χ0v) is 12.4. The van der Waals surface area contributed by atoms with Gasteiger partial charge in [-0.2, -0.15) is 0 Å². The molecule has 0 saturated heterocycles. The molecule has 0 amide bonds. The van der Waals surface area contributed by atoms with Crippen LogP contribution in [-0.4, -0.2) is 17.6 Å². The van der Waals surface area contributed by atoms with Crippen LogP contribution in [0.1, 0.15) is 34.6 Å². The topological polar surface area (TPSA) is 90.4 Å². The largest absolute Gasteiger partial charge is 0.462 e. The Labute approximate surface area is 123 Å². The smallest absolute Gasteiger partial charge is 0.340 e. The van der Waals surface area contributed by atoms with Gasteiger partial charge in [0.05, 0.1) is 24.4 Å². The van der Waals surface area contributed by atoms with Crippen LogP contribution in [0, 0.1) is 13.8 Å². The number of oxazole rings is 1. The fourth-order valence-electron chi connectivity index (χ4n) is 1.88. The second kappa shape index (κ2) is 6.30. The highest BCUT2D eigenvalue weighted by molar-refractivity contribution is 5.96. The first-order valence-corrected chi connectivity index (χ1v) is 6.74. The highest BCUT2D eigenvalue weighted by atomic mass is 16.5. The number of esters is 1. The zero-order valence-electron chi connectivity index (χ0n) is 12.4. The van der Waals surface area contributed by atoms with Crippen LogP contribution in [0.25, 0.3) is 0 Å². The minimum Gasteiger partial charge on any atom is -0.462 e. The van der Waals surface area contributed by atoms with Crippen LogP contribution in [0.5, 0.6) is 0 Å². The van der Waals surface area contributed by atoms with E-state index in [1.54, 1.807) is 25.1 Å². The Morgan fingerprint density at radius 2 is 2.19 bits per heavy atom. The third-order valence-electron chi connectivity index (χ3n) is 3.04. The molecule has 0 aliphatic rings. The van der Waals surface area contributed by atoms with E-state index in [1.165, 1.54) is 0 Å². The fraction of sp³-hybridized carbons (Fsp3) is 0.333. The summed E-state index contributed by atoms with van der Waals surface area (Å²) < 4.78 is 10.5. The molecule has 0 radical (unpaired) electrons. The number of nitrogen functional groups attached to an aromatic ring is 1.